The highest BCUT2D eigenvalue weighted by Crippen LogP contribution is 2.27. The molecular formula is C12H8O. The van der Waals surface area contributed by atoms with Gasteiger partial charge >= 0.3 is 0 Å². The van der Waals surface area contributed by atoms with Crippen LogP contribution in [0.4, 0.5) is 0 Å². The van der Waals surface area contributed by atoms with Crippen molar-refractivity contribution in [3.63, 3.8) is 0 Å². The van der Waals surface area contributed by atoms with E-state index >= 15 is 0 Å². The number of furan rings is 1. The van der Waals surface area contributed by atoms with Crippen LogP contribution < -0.4 is 0 Å². The standard InChI is InChI=1S/C12H8O/c1-3-7-11-9(5-1)10-6-2-4-8-12(10)13-11/h1-8H/i1T,3T,5T,7T. The van der Waals surface area contributed by atoms with Gasteiger partial charge in [-0.25, -0.2) is 0 Å². The molecule has 0 amide bonds. The van der Waals surface area contributed by atoms with E-state index in [2.05, 4.69) is 0 Å². The number of benzene rings is 2. The highest BCUT2D eigenvalue weighted by molar-refractivity contribution is 6.04. The van der Waals surface area contributed by atoms with Gasteiger partial charge in [0.05, 0.1) is 5.48 Å². The van der Waals surface area contributed by atoms with E-state index in [0.717, 1.165) is 5.39 Å². The summed E-state index contributed by atoms with van der Waals surface area (Å²) in [4.78, 5) is 0. The van der Waals surface area contributed by atoms with Crippen molar-refractivity contribution in [3.8, 4) is 0 Å². The van der Waals surface area contributed by atoms with Crippen LogP contribution >= 0.6 is 0 Å². The van der Waals surface area contributed by atoms with E-state index in [4.69, 9.17) is 9.90 Å². The lowest BCUT2D eigenvalue weighted by Gasteiger charge is -1.85. The van der Waals surface area contributed by atoms with Crippen molar-refractivity contribution in [1.29, 1.82) is 0 Å². The van der Waals surface area contributed by atoms with Crippen molar-refractivity contribution in [2.75, 3.05) is 0 Å². The molecule has 62 valence electrons. The number of fused-ring (bicyclic) bond motifs is 3. The van der Waals surface area contributed by atoms with Gasteiger partial charge in [-0.3, -0.25) is 0 Å². The SMILES string of the molecule is [3H]c1c([3H])c([3H])c2c(oc3ccccc32)c1[3H]. The molecule has 0 atom stereocenters. The number of hydrogen-bond acceptors (Lipinski definition) is 1. The van der Waals surface area contributed by atoms with E-state index < -0.39 is 0 Å². The Labute approximate surface area is 81.2 Å². The summed E-state index contributed by atoms with van der Waals surface area (Å²) >= 11 is 0. The molecule has 0 N–H and O–H groups in total. The van der Waals surface area contributed by atoms with Crippen LogP contribution in [0.2, 0.25) is 0 Å². The second-order valence-corrected chi connectivity index (χ2v) is 2.80. The minimum atomic E-state index is -0.262. The summed E-state index contributed by atoms with van der Waals surface area (Å²) in [6.07, 6.45) is 0. The third-order valence-electron chi connectivity index (χ3n) is 2.02. The van der Waals surface area contributed by atoms with E-state index in [1.165, 1.54) is 0 Å². The molecule has 1 aromatic heterocycles. The monoisotopic (exact) mass is 176 g/mol. The molecule has 0 fully saturated rings. The van der Waals surface area contributed by atoms with Crippen molar-refractivity contribution in [1.82, 2.24) is 0 Å². The molecule has 0 saturated heterocycles. The second kappa shape index (κ2) is 2.36. The summed E-state index contributed by atoms with van der Waals surface area (Å²) in [5.41, 5.74) is 0.798. The van der Waals surface area contributed by atoms with Crippen LogP contribution in [-0.4, -0.2) is 0 Å². The highest BCUT2D eigenvalue weighted by atomic mass is 16.3. The Morgan fingerprint density at radius 2 is 1.77 bits per heavy atom. The van der Waals surface area contributed by atoms with Crippen molar-refractivity contribution in [2.45, 2.75) is 0 Å². The molecule has 2 aromatic carbocycles. The molecule has 1 heterocycles. The average molecular weight is 176 g/mol. The zero-order valence-corrected chi connectivity index (χ0v) is 6.72. The number of para-hydroxylation sites is 2. The van der Waals surface area contributed by atoms with E-state index in [9.17, 15) is 0 Å². The van der Waals surface area contributed by atoms with Gasteiger partial charge in [0.1, 0.15) is 11.2 Å². The fourth-order valence-electron chi connectivity index (χ4n) is 1.44. The first-order valence-electron chi connectivity index (χ1n) is 5.99. The zero-order valence-electron chi connectivity index (χ0n) is 10.7. The quantitative estimate of drug-likeness (QED) is 0.510. The number of rotatable bonds is 0. The highest BCUT2D eigenvalue weighted by Gasteiger charge is 2.02. The molecule has 3 rings (SSSR count). The Morgan fingerprint density at radius 3 is 2.77 bits per heavy atom. The summed E-state index contributed by atoms with van der Waals surface area (Å²) in [6.45, 7) is 0. The van der Waals surface area contributed by atoms with Crippen molar-refractivity contribution in [2.24, 2.45) is 0 Å². The van der Waals surface area contributed by atoms with Crippen LogP contribution in [-0.2, 0) is 0 Å². The first-order chi connectivity index (χ1) is 8.11. The molecule has 1 nitrogen and oxygen atoms in total. The van der Waals surface area contributed by atoms with Crippen LogP contribution in [0.15, 0.2) is 52.9 Å². The minimum Gasteiger partial charge on any atom is -0.456 e. The van der Waals surface area contributed by atoms with Gasteiger partial charge in [0, 0.05) is 10.8 Å². The Hall–Kier alpha value is -1.76. The van der Waals surface area contributed by atoms with Crippen molar-refractivity contribution in [3.05, 3.63) is 48.4 Å². The average Bonchev–Trinajstić information content (AvgIpc) is 2.73. The predicted octanol–water partition coefficient (Wildman–Crippen LogP) is 3.59. The molecule has 0 spiro atoms. The molecule has 0 bridgehead atoms. The molecule has 0 aliphatic heterocycles. The maximum absolute atomic E-state index is 7.87. The lowest BCUT2D eigenvalue weighted by Crippen LogP contribution is -1.62. The van der Waals surface area contributed by atoms with Gasteiger partial charge in [-0.1, -0.05) is 36.3 Å². The van der Waals surface area contributed by atoms with E-state index in [1.54, 1.807) is 18.2 Å². The molecule has 0 saturated carbocycles. The smallest absolute Gasteiger partial charge is 0.135 e. The molecule has 0 unspecified atom stereocenters. The third kappa shape index (κ3) is 0.872. The molecule has 1 heteroatoms. The molecule has 3 aromatic rings. The fraction of sp³-hybridized carbons (Fsp3) is 0. The van der Waals surface area contributed by atoms with Gasteiger partial charge in [-0.2, -0.15) is 0 Å². The first-order valence-corrected chi connectivity index (χ1v) is 3.99. The maximum Gasteiger partial charge on any atom is 0.135 e. The van der Waals surface area contributed by atoms with Crippen molar-refractivity contribution < 1.29 is 9.90 Å². The lowest BCUT2D eigenvalue weighted by atomic mass is 10.2. The number of hydrogen-bond donors (Lipinski definition) is 0. The Morgan fingerprint density at radius 1 is 0.923 bits per heavy atom. The summed E-state index contributed by atoms with van der Waals surface area (Å²) in [7, 11) is 0. The molecule has 13 heavy (non-hydrogen) atoms. The minimum absolute atomic E-state index is 0.0500. The van der Waals surface area contributed by atoms with Crippen molar-refractivity contribution >= 4 is 21.9 Å². The van der Waals surface area contributed by atoms with E-state index in [1.807, 2.05) is 6.07 Å². The fourth-order valence-corrected chi connectivity index (χ4v) is 1.44. The van der Waals surface area contributed by atoms with E-state index in [-0.39, 0.29) is 29.8 Å². The lowest BCUT2D eigenvalue weighted by molar-refractivity contribution is 0.669. The molecule has 0 aliphatic carbocycles. The predicted molar refractivity (Wildman–Crippen MR) is 53.7 cm³/mol. The van der Waals surface area contributed by atoms with E-state index in [0.29, 0.717) is 11.0 Å². The van der Waals surface area contributed by atoms with Crippen LogP contribution in [0.3, 0.4) is 0 Å². The maximum atomic E-state index is 7.87. The summed E-state index contributed by atoms with van der Waals surface area (Å²) in [5, 5.41) is 1.17. The molecular weight excluding hydrogens is 160 g/mol. The largest absolute Gasteiger partial charge is 0.456 e. The third-order valence-corrected chi connectivity index (χ3v) is 2.02. The van der Waals surface area contributed by atoms with Gasteiger partial charge in [0.25, 0.3) is 0 Å². The van der Waals surface area contributed by atoms with Gasteiger partial charge in [0.2, 0.25) is 0 Å². The first kappa shape index (κ1) is 3.97. The Balaban J connectivity index is 2.67. The topological polar surface area (TPSA) is 13.1 Å². The van der Waals surface area contributed by atoms with Gasteiger partial charge < -0.3 is 4.42 Å². The zero-order chi connectivity index (χ0) is 12.2. The Bertz CT molecular complexity index is 745. The Kier molecular flexibility index (Phi) is 0.720. The van der Waals surface area contributed by atoms with Gasteiger partial charge in [-0.05, 0) is 12.1 Å². The van der Waals surface area contributed by atoms with Gasteiger partial charge in [-0.15, -0.1) is 0 Å². The summed E-state index contributed by atoms with van der Waals surface area (Å²) in [6, 6.07) is 6.50. The second-order valence-electron chi connectivity index (χ2n) is 2.80. The van der Waals surface area contributed by atoms with Crippen LogP contribution in [0.25, 0.3) is 21.9 Å². The van der Waals surface area contributed by atoms with Crippen LogP contribution in [0, 0.1) is 0 Å². The summed E-state index contributed by atoms with van der Waals surface area (Å²) in [5.74, 6) is 0. The van der Waals surface area contributed by atoms with Crippen LogP contribution in [0.1, 0.15) is 5.48 Å². The normalized spacial score (nSPS) is 15.4. The molecule has 0 aliphatic rings. The molecule has 0 radical (unpaired) electrons. The summed E-state index contributed by atoms with van der Waals surface area (Å²) < 4.78 is 36.4. The van der Waals surface area contributed by atoms with Gasteiger partial charge in [0.15, 0.2) is 0 Å². The van der Waals surface area contributed by atoms with Crippen LogP contribution in [0.5, 0.6) is 0 Å².